The van der Waals surface area contributed by atoms with Gasteiger partial charge in [-0.3, -0.25) is 0 Å². The number of aromatic nitrogens is 2. The fourth-order valence-corrected chi connectivity index (χ4v) is 4.33. The van der Waals surface area contributed by atoms with Gasteiger partial charge in [0.05, 0.1) is 5.69 Å². The molecule has 0 radical (unpaired) electrons. The van der Waals surface area contributed by atoms with Gasteiger partial charge in [-0.15, -0.1) is 0 Å². The number of aromatic amines is 1. The molecule has 1 heterocycles. The Labute approximate surface area is 130 Å². The van der Waals surface area contributed by atoms with Crippen molar-refractivity contribution >= 4 is 0 Å². The van der Waals surface area contributed by atoms with Crippen LogP contribution in [0.2, 0.25) is 0 Å². The van der Waals surface area contributed by atoms with Crippen molar-refractivity contribution in [3.63, 3.8) is 0 Å². The van der Waals surface area contributed by atoms with Crippen LogP contribution in [0, 0.1) is 11.8 Å². The van der Waals surface area contributed by atoms with Crippen LogP contribution >= 0.6 is 0 Å². The number of hydrogen-bond donors (Lipinski definition) is 1. The topological polar surface area (TPSA) is 28.7 Å². The molecule has 0 amide bonds. The summed E-state index contributed by atoms with van der Waals surface area (Å²) < 4.78 is 0. The van der Waals surface area contributed by atoms with Crippen LogP contribution in [0.5, 0.6) is 0 Å². The molecule has 2 nitrogen and oxygen atoms in total. The SMILES string of the molecule is CCCCC1CCC(c2nc3c([nH]2)CC(CC)CC3)CC1. The number of fused-ring (bicyclic) bond motifs is 1. The second-order valence-corrected chi connectivity index (χ2v) is 7.42. The quantitative estimate of drug-likeness (QED) is 0.773. The Bertz CT molecular complexity index is 440. The van der Waals surface area contributed by atoms with E-state index in [9.17, 15) is 0 Å². The van der Waals surface area contributed by atoms with Crippen LogP contribution in [0.3, 0.4) is 0 Å². The molecule has 1 saturated carbocycles. The summed E-state index contributed by atoms with van der Waals surface area (Å²) in [5.41, 5.74) is 2.86. The lowest BCUT2D eigenvalue weighted by molar-refractivity contribution is 0.299. The van der Waals surface area contributed by atoms with Crippen LogP contribution < -0.4 is 0 Å². The lowest BCUT2D eigenvalue weighted by Gasteiger charge is -2.27. The molecule has 1 fully saturated rings. The van der Waals surface area contributed by atoms with Gasteiger partial charge in [-0.2, -0.15) is 0 Å². The van der Waals surface area contributed by atoms with Gasteiger partial charge in [0.25, 0.3) is 0 Å². The van der Waals surface area contributed by atoms with E-state index in [1.54, 1.807) is 0 Å². The third-order valence-corrected chi connectivity index (χ3v) is 5.94. The second kappa shape index (κ2) is 6.98. The van der Waals surface area contributed by atoms with Gasteiger partial charge in [0.1, 0.15) is 5.82 Å². The minimum Gasteiger partial charge on any atom is -0.345 e. The smallest absolute Gasteiger partial charge is 0.109 e. The van der Waals surface area contributed by atoms with Crippen LogP contribution in [0.1, 0.15) is 94.8 Å². The fraction of sp³-hybridized carbons (Fsp3) is 0.842. The Morgan fingerprint density at radius 3 is 2.57 bits per heavy atom. The molecule has 1 unspecified atom stereocenters. The molecule has 118 valence electrons. The first kappa shape index (κ1) is 15.1. The Morgan fingerprint density at radius 2 is 1.86 bits per heavy atom. The number of aryl methyl sites for hydroxylation is 1. The van der Waals surface area contributed by atoms with E-state index in [0.717, 1.165) is 11.8 Å². The average molecular weight is 288 g/mol. The Morgan fingerprint density at radius 1 is 1.05 bits per heavy atom. The van der Waals surface area contributed by atoms with Gasteiger partial charge in [0.2, 0.25) is 0 Å². The molecule has 1 aromatic rings. The highest BCUT2D eigenvalue weighted by Crippen LogP contribution is 2.38. The van der Waals surface area contributed by atoms with E-state index in [1.165, 1.54) is 87.8 Å². The maximum absolute atomic E-state index is 4.97. The summed E-state index contributed by atoms with van der Waals surface area (Å²) in [5, 5.41) is 0. The van der Waals surface area contributed by atoms with Crippen molar-refractivity contribution in [2.24, 2.45) is 11.8 Å². The summed E-state index contributed by atoms with van der Waals surface area (Å²) in [5.74, 6) is 3.92. The molecular formula is C19H32N2. The van der Waals surface area contributed by atoms with Crippen LogP contribution in [0.4, 0.5) is 0 Å². The lowest BCUT2D eigenvalue weighted by Crippen LogP contribution is -2.14. The largest absolute Gasteiger partial charge is 0.345 e. The Kier molecular flexibility index (Phi) is 5.03. The lowest BCUT2D eigenvalue weighted by atomic mass is 9.79. The third kappa shape index (κ3) is 3.52. The summed E-state index contributed by atoms with van der Waals surface area (Å²) in [6, 6.07) is 0. The molecule has 1 aromatic heterocycles. The maximum Gasteiger partial charge on any atom is 0.109 e. The summed E-state index contributed by atoms with van der Waals surface area (Å²) in [6.45, 7) is 4.63. The van der Waals surface area contributed by atoms with Gasteiger partial charge < -0.3 is 4.98 Å². The van der Waals surface area contributed by atoms with Crippen molar-refractivity contribution in [2.75, 3.05) is 0 Å². The molecule has 0 saturated heterocycles. The van der Waals surface area contributed by atoms with Gasteiger partial charge >= 0.3 is 0 Å². The van der Waals surface area contributed by atoms with Gasteiger partial charge in [0, 0.05) is 11.6 Å². The summed E-state index contributed by atoms with van der Waals surface area (Å²) in [4.78, 5) is 8.69. The normalized spacial score (nSPS) is 29.3. The highest BCUT2D eigenvalue weighted by atomic mass is 14.9. The zero-order valence-electron chi connectivity index (χ0n) is 14.0. The maximum atomic E-state index is 4.97. The fourth-order valence-electron chi connectivity index (χ4n) is 4.33. The summed E-state index contributed by atoms with van der Waals surface area (Å²) >= 11 is 0. The van der Waals surface area contributed by atoms with E-state index in [2.05, 4.69) is 18.8 Å². The van der Waals surface area contributed by atoms with Crippen molar-refractivity contribution in [1.29, 1.82) is 0 Å². The van der Waals surface area contributed by atoms with Gasteiger partial charge in [-0.05, 0) is 56.8 Å². The van der Waals surface area contributed by atoms with Crippen molar-refractivity contribution < 1.29 is 0 Å². The summed E-state index contributed by atoms with van der Waals surface area (Å²) in [6.07, 6.45) is 14.9. The molecule has 0 bridgehead atoms. The molecule has 1 atom stereocenters. The average Bonchev–Trinajstić information content (AvgIpc) is 2.96. The number of imidazole rings is 1. The van der Waals surface area contributed by atoms with Crippen LogP contribution in [0.25, 0.3) is 0 Å². The monoisotopic (exact) mass is 288 g/mol. The van der Waals surface area contributed by atoms with Crippen LogP contribution in [-0.2, 0) is 12.8 Å². The predicted octanol–water partition coefficient (Wildman–Crippen LogP) is 5.39. The van der Waals surface area contributed by atoms with Crippen molar-refractivity contribution in [3.05, 3.63) is 17.2 Å². The van der Waals surface area contributed by atoms with Crippen molar-refractivity contribution in [2.45, 2.75) is 90.4 Å². The van der Waals surface area contributed by atoms with E-state index in [-0.39, 0.29) is 0 Å². The molecule has 0 aliphatic heterocycles. The highest BCUT2D eigenvalue weighted by molar-refractivity contribution is 5.20. The zero-order valence-corrected chi connectivity index (χ0v) is 14.0. The van der Waals surface area contributed by atoms with E-state index in [1.807, 2.05) is 0 Å². The van der Waals surface area contributed by atoms with E-state index < -0.39 is 0 Å². The van der Waals surface area contributed by atoms with Gasteiger partial charge in [-0.25, -0.2) is 4.98 Å². The molecule has 2 aliphatic rings. The number of hydrogen-bond acceptors (Lipinski definition) is 1. The second-order valence-electron chi connectivity index (χ2n) is 7.42. The van der Waals surface area contributed by atoms with Crippen molar-refractivity contribution in [3.8, 4) is 0 Å². The molecule has 1 N–H and O–H groups in total. The first-order valence-corrected chi connectivity index (χ1v) is 9.37. The molecule has 0 spiro atoms. The minimum absolute atomic E-state index is 0.716. The molecule has 0 aromatic carbocycles. The molecule has 2 aliphatic carbocycles. The number of H-pyrrole nitrogens is 1. The van der Waals surface area contributed by atoms with E-state index in [0.29, 0.717) is 5.92 Å². The highest BCUT2D eigenvalue weighted by Gasteiger charge is 2.27. The first-order chi connectivity index (χ1) is 10.3. The molecular weight excluding hydrogens is 256 g/mol. The zero-order chi connectivity index (χ0) is 14.7. The Balaban J connectivity index is 1.58. The van der Waals surface area contributed by atoms with E-state index in [4.69, 9.17) is 4.98 Å². The number of unbranched alkanes of at least 4 members (excludes halogenated alkanes) is 1. The van der Waals surface area contributed by atoms with Crippen LogP contribution in [0.15, 0.2) is 0 Å². The molecule has 21 heavy (non-hydrogen) atoms. The predicted molar refractivity (Wildman–Crippen MR) is 88.6 cm³/mol. The number of nitrogens with one attached hydrogen (secondary N) is 1. The number of nitrogens with zero attached hydrogens (tertiary/aromatic N) is 1. The molecule has 2 heteroatoms. The first-order valence-electron chi connectivity index (χ1n) is 9.37. The standard InChI is InChI=1S/C19H32N2/c1-3-5-6-15-7-10-16(11-8-15)19-20-17-12-9-14(4-2)13-18(17)21-19/h14-16H,3-13H2,1-2H3,(H,20,21). The third-order valence-electron chi connectivity index (χ3n) is 5.94. The van der Waals surface area contributed by atoms with Crippen LogP contribution in [-0.4, -0.2) is 9.97 Å². The molecule has 3 rings (SSSR count). The summed E-state index contributed by atoms with van der Waals surface area (Å²) in [7, 11) is 0. The minimum atomic E-state index is 0.716. The van der Waals surface area contributed by atoms with Gasteiger partial charge in [-0.1, -0.05) is 39.5 Å². The van der Waals surface area contributed by atoms with Crippen molar-refractivity contribution in [1.82, 2.24) is 9.97 Å². The number of rotatable bonds is 5. The van der Waals surface area contributed by atoms with E-state index >= 15 is 0 Å². The Hall–Kier alpha value is -0.790. The van der Waals surface area contributed by atoms with Gasteiger partial charge in [0.15, 0.2) is 0 Å².